The first kappa shape index (κ1) is 12.5. The fourth-order valence-electron chi connectivity index (χ4n) is 1.23. The molecule has 0 fully saturated rings. The lowest BCUT2D eigenvalue weighted by Crippen LogP contribution is -2.29. The first-order valence-electron chi connectivity index (χ1n) is 4.87. The van der Waals surface area contributed by atoms with Crippen LogP contribution in [0.15, 0.2) is 22.7 Å². The summed E-state index contributed by atoms with van der Waals surface area (Å²) in [5.74, 6) is -0.0642. The molecule has 0 aliphatic rings. The van der Waals surface area contributed by atoms with Crippen LogP contribution in [0.5, 0.6) is 0 Å². The van der Waals surface area contributed by atoms with Crippen LogP contribution in [0.1, 0.15) is 13.8 Å². The number of benzene rings is 1. The molecule has 2 N–H and O–H groups in total. The summed E-state index contributed by atoms with van der Waals surface area (Å²) in [4.78, 5) is 0. The molecule has 1 unspecified atom stereocenters. The van der Waals surface area contributed by atoms with E-state index in [1.165, 1.54) is 6.07 Å². The van der Waals surface area contributed by atoms with Crippen LogP contribution in [0.4, 0.5) is 10.1 Å². The maximum Gasteiger partial charge on any atom is 0.146 e. The van der Waals surface area contributed by atoms with Crippen molar-refractivity contribution in [2.45, 2.75) is 19.9 Å². The van der Waals surface area contributed by atoms with Crippen molar-refractivity contribution >= 4 is 21.6 Å². The Hall–Kier alpha value is -0.610. The first-order chi connectivity index (χ1) is 7.04. The number of hydrogen-bond acceptors (Lipinski definition) is 2. The fraction of sp³-hybridized carbons (Fsp3) is 0.455. The molecule has 0 radical (unpaired) electrons. The van der Waals surface area contributed by atoms with Crippen molar-refractivity contribution in [2.75, 3.05) is 11.9 Å². The van der Waals surface area contributed by atoms with E-state index in [0.717, 1.165) is 4.47 Å². The van der Waals surface area contributed by atoms with Crippen LogP contribution in [0.2, 0.25) is 0 Å². The van der Waals surface area contributed by atoms with Crippen LogP contribution >= 0.6 is 15.9 Å². The van der Waals surface area contributed by atoms with Gasteiger partial charge in [0.1, 0.15) is 5.82 Å². The summed E-state index contributed by atoms with van der Waals surface area (Å²) in [5.41, 5.74) is 0.414. The lowest BCUT2D eigenvalue weighted by Gasteiger charge is -2.21. The zero-order valence-electron chi connectivity index (χ0n) is 8.80. The molecule has 1 rings (SSSR count). The highest BCUT2D eigenvalue weighted by atomic mass is 79.9. The molecule has 0 aliphatic heterocycles. The lowest BCUT2D eigenvalue weighted by atomic mass is 10.1. The van der Waals surface area contributed by atoms with Gasteiger partial charge in [0.05, 0.1) is 18.3 Å². The van der Waals surface area contributed by atoms with E-state index in [1.807, 2.05) is 13.8 Å². The minimum atomic E-state index is -0.308. The van der Waals surface area contributed by atoms with Crippen LogP contribution in [-0.2, 0) is 0 Å². The zero-order chi connectivity index (χ0) is 11.4. The third kappa shape index (κ3) is 3.47. The number of halogens is 2. The Kier molecular flexibility index (Phi) is 4.54. The van der Waals surface area contributed by atoms with E-state index < -0.39 is 0 Å². The maximum atomic E-state index is 13.4. The Morgan fingerprint density at radius 1 is 1.47 bits per heavy atom. The van der Waals surface area contributed by atoms with Crippen LogP contribution in [0.3, 0.4) is 0 Å². The molecule has 0 saturated heterocycles. The molecule has 0 amide bonds. The largest absolute Gasteiger partial charge is 0.394 e. The average Bonchev–Trinajstić information content (AvgIpc) is 2.18. The molecule has 84 valence electrons. The van der Waals surface area contributed by atoms with E-state index in [4.69, 9.17) is 5.11 Å². The van der Waals surface area contributed by atoms with Gasteiger partial charge in [-0.2, -0.15) is 0 Å². The van der Waals surface area contributed by atoms with Crippen molar-refractivity contribution in [3.05, 3.63) is 28.5 Å². The molecule has 1 atom stereocenters. The molecular formula is C11H15BrFNO. The van der Waals surface area contributed by atoms with Gasteiger partial charge in [-0.3, -0.25) is 0 Å². The summed E-state index contributed by atoms with van der Waals surface area (Å²) in [6.07, 6.45) is 0. The second-order valence-electron chi connectivity index (χ2n) is 3.80. The van der Waals surface area contributed by atoms with Gasteiger partial charge in [0.2, 0.25) is 0 Å². The molecular weight excluding hydrogens is 261 g/mol. The summed E-state index contributed by atoms with van der Waals surface area (Å²) >= 11 is 3.28. The third-order valence-corrected chi connectivity index (χ3v) is 2.76. The van der Waals surface area contributed by atoms with E-state index in [9.17, 15) is 4.39 Å². The van der Waals surface area contributed by atoms with Crippen LogP contribution in [-0.4, -0.2) is 17.8 Å². The Morgan fingerprint density at radius 2 is 2.13 bits per heavy atom. The Morgan fingerprint density at radius 3 is 2.67 bits per heavy atom. The summed E-state index contributed by atoms with van der Waals surface area (Å²) in [7, 11) is 0. The molecule has 2 nitrogen and oxygen atoms in total. The van der Waals surface area contributed by atoms with Crippen LogP contribution < -0.4 is 5.32 Å². The van der Waals surface area contributed by atoms with Crippen molar-refractivity contribution in [2.24, 2.45) is 5.92 Å². The predicted molar refractivity (Wildman–Crippen MR) is 63.4 cm³/mol. The van der Waals surface area contributed by atoms with Crippen molar-refractivity contribution in [1.82, 2.24) is 0 Å². The molecule has 0 aromatic heterocycles. The molecule has 1 aromatic rings. The van der Waals surface area contributed by atoms with Crippen molar-refractivity contribution in [1.29, 1.82) is 0 Å². The molecule has 0 aliphatic carbocycles. The highest BCUT2D eigenvalue weighted by molar-refractivity contribution is 9.10. The number of nitrogens with one attached hydrogen (secondary N) is 1. The van der Waals surface area contributed by atoms with E-state index in [0.29, 0.717) is 5.69 Å². The standard InChI is InChI=1S/C11H15BrFNO/c1-7(2)11(6-15)14-10-5-8(12)3-4-9(10)13/h3-5,7,11,14-15H,6H2,1-2H3. The maximum absolute atomic E-state index is 13.4. The Labute approximate surface area is 97.6 Å². The van der Waals surface area contributed by atoms with Gasteiger partial charge in [-0.15, -0.1) is 0 Å². The highest BCUT2D eigenvalue weighted by Gasteiger charge is 2.13. The fourth-order valence-corrected chi connectivity index (χ4v) is 1.59. The second kappa shape index (κ2) is 5.47. The van der Waals surface area contributed by atoms with Crippen LogP contribution in [0, 0.1) is 11.7 Å². The van der Waals surface area contributed by atoms with Crippen molar-refractivity contribution in [3.8, 4) is 0 Å². The van der Waals surface area contributed by atoms with Crippen molar-refractivity contribution in [3.63, 3.8) is 0 Å². The van der Waals surface area contributed by atoms with E-state index in [2.05, 4.69) is 21.2 Å². The molecule has 0 spiro atoms. The normalized spacial score (nSPS) is 12.9. The molecule has 15 heavy (non-hydrogen) atoms. The minimum absolute atomic E-state index is 0.0103. The van der Waals surface area contributed by atoms with Gasteiger partial charge in [-0.1, -0.05) is 29.8 Å². The summed E-state index contributed by atoms with van der Waals surface area (Å²) < 4.78 is 14.2. The average molecular weight is 276 g/mol. The van der Waals surface area contributed by atoms with Gasteiger partial charge >= 0.3 is 0 Å². The molecule has 1 aromatic carbocycles. The third-order valence-electron chi connectivity index (χ3n) is 2.27. The number of aliphatic hydroxyl groups excluding tert-OH is 1. The van der Waals surface area contributed by atoms with Gasteiger partial charge in [-0.25, -0.2) is 4.39 Å². The highest BCUT2D eigenvalue weighted by Crippen LogP contribution is 2.21. The molecule has 0 bridgehead atoms. The lowest BCUT2D eigenvalue weighted by molar-refractivity contribution is 0.249. The summed E-state index contributed by atoms with van der Waals surface area (Å²) in [6.45, 7) is 3.94. The Balaban J connectivity index is 2.82. The SMILES string of the molecule is CC(C)C(CO)Nc1cc(Br)ccc1F. The van der Waals surface area contributed by atoms with Gasteiger partial charge in [0, 0.05) is 4.47 Å². The smallest absolute Gasteiger partial charge is 0.146 e. The number of aliphatic hydroxyl groups is 1. The van der Waals surface area contributed by atoms with Crippen LogP contribution in [0.25, 0.3) is 0 Å². The topological polar surface area (TPSA) is 32.3 Å². The second-order valence-corrected chi connectivity index (χ2v) is 4.72. The number of anilines is 1. The predicted octanol–water partition coefficient (Wildman–Crippen LogP) is 3.02. The minimum Gasteiger partial charge on any atom is -0.394 e. The first-order valence-corrected chi connectivity index (χ1v) is 5.66. The molecule has 0 heterocycles. The molecule has 4 heteroatoms. The van der Waals surface area contributed by atoms with Gasteiger partial charge in [-0.05, 0) is 24.1 Å². The number of hydrogen-bond donors (Lipinski definition) is 2. The van der Waals surface area contributed by atoms with E-state index in [1.54, 1.807) is 12.1 Å². The van der Waals surface area contributed by atoms with Gasteiger partial charge < -0.3 is 10.4 Å². The Bertz CT molecular complexity index is 330. The number of rotatable bonds is 4. The summed E-state index contributed by atoms with van der Waals surface area (Å²) in [6, 6.07) is 4.57. The van der Waals surface area contributed by atoms with Gasteiger partial charge in [0.25, 0.3) is 0 Å². The van der Waals surface area contributed by atoms with E-state index >= 15 is 0 Å². The quantitative estimate of drug-likeness (QED) is 0.886. The monoisotopic (exact) mass is 275 g/mol. The van der Waals surface area contributed by atoms with Crippen molar-refractivity contribution < 1.29 is 9.50 Å². The molecule has 0 saturated carbocycles. The zero-order valence-corrected chi connectivity index (χ0v) is 10.4. The van der Waals surface area contributed by atoms with E-state index in [-0.39, 0.29) is 24.4 Å². The summed E-state index contributed by atoms with van der Waals surface area (Å²) in [5, 5.41) is 12.1. The van der Waals surface area contributed by atoms with Gasteiger partial charge in [0.15, 0.2) is 0 Å².